The first-order valence-electron chi connectivity index (χ1n) is 10.3. The molecule has 0 aromatic heterocycles. The molecule has 1 aromatic rings. The van der Waals surface area contributed by atoms with Crippen molar-refractivity contribution in [1.82, 2.24) is 4.31 Å². The second-order valence-corrected chi connectivity index (χ2v) is 10.0. The molecule has 0 saturated carbocycles. The highest BCUT2D eigenvalue weighted by Crippen LogP contribution is 2.29. The summed E-state index contributed by atoms with van der Waals surface area (Å²) in [4.78, 5) is 13.4. The van der Waals surface area contributed by atoms with Gasteiger partial charge in [-0.2, -0.15) is 0 Å². The number of piperidine rings is 1. The Morgan fingerprint density at radius 3 is 2.55 bits per heavy atom. The lowest BCUT2D eigenvalue weighted by atomic mass is 10.1. The number of anilines is 1. The predicted octanol–water partition coefficient (Wildman–Crippen LogP) is 1.21. The molecule has 3 rings (SSSR count). The molecule has 31 heavy (non-hydrogen) atoms. The monoisotopic (exact) mass is 456 g/mol. The molecule has 2 fully saturated rings. The van der Waals surface area contributed by atoms with Crippen LogP contribution in [0.3, 0.4) is 0 Å². The van der Waals surface area contributed by atoms with Gasteiger partial charge >= 0.3 is 5.97 Å². The van der Waals surface area contributed by atoms with E-state index in [9.17, 15) is 17.6 Å². The second-order valence-electron chi connectivity index (χ2n) is 7.77. The van der Waals surface area contributed by atoms with Crippen LogP contribution in [0.2, 0.25) is 0 Å². The number of nitrogens with zero attached hydrogens (tertiary/aromatic N) is 2. The highest BCUT2D eigenvalue weighted by molar-refractivity contribution is 7.89. The molecule has 1 aromatic carbocycles. The maximum Gasteiger partial charge on any atom is 0.313 e. The van der Waals surface area contributed by atoms with E-state index in [1.807, 2.05) is 4.90 Å². The number of rotatable bonds is 9. The van der Waals surface area contributed by atoms with Gasteiger partial charge in [0.15, 0.2) is 5.82 Å². The zero-order valence-electron chi connectivity index (χ0n) is 17.5. The Morgan fingerprint density at radius 2 is 1.94 bits per heavy atom. The third-order valence-corrected chi connectivity index (χ3v) is 7.40. The van der Waals surface area contributed by atoms with Crippen molar-refractivity contribution in [2.24, 2.45) is 5.73 Å². The maximum atomic E-state index is 14.8. The van der Waals surface area contributed by atoms with Gasteiger partial charge in [0.1, 0.15) is 18.9 Å². The molecule has 11 heteroatoms. The van der Waals surface area contributed by atoms with Crippen LogP contribution in [0.4, 0.5) is 10.1 Å². The molecule has 0 radical (unpaired) electrons. The lowest BCUT2D eigenvalue weighted by Gasteiger charge is -2.43. The molecule has 2 heterocycles. The van der Waals surface area contributed by atoms with E-state index in [-0.39, 0.29) is 42.4 Å². The standard InChI is InChI=1S/C20H29FN4O5S/c1-2-31(27,28)25-8-6-15(7-9-25)30-16-11-24(12-16)17-5-3-4-14(20(17)21)13-29-19(26)10-18(22)23/h3-5,15-16H,2,6-13H2,1H3,(H3,22,23). The molecule has 2 saturated heterocycles. The third-order valence-electron chi connectivity index (χ3n) is 5.51. The van der Waals surface area contributed by atoms with Crippen molar-refractivity contribution in [3.8, 4) is 0 Å². The summed E-state index contributed by atoms with van der Waals surface area (Å²) >= 11 is 0. The maximum absolute atomic E-state index is 14.8. The minimum absolute atomic E-state index is 0.00678. The van der Waals surface area contributed by atoms with Gasteiger partial charge in [0.05, 0.1) is 23.6 Å². The summed E-state index contributed by atoms with van der Waals surface area (Å²) < 4.78 is 51.3. The Hall–Kier alpha value is -2.24. The van der Waals surface area contributed by atoms with Crippen molar-refractivity contribution >= 4 is 27.5 Å². The van der Waals surface area contributed by atoms with Crippen LogP contribution in [0.1, 0.15) is 31.7 Å². The van der Waals surface area contributed by atoms with Gasteiger partial charge in [0.25, 0.3) is 0 Å². The number of sulfonamides is 1. The highest BCUT2D eigenvalue weighted by atomic mass is 32.2. The average molecular weight is 457 g/mol. The zero-order valence-corrected chi connectivity index (χ0v) is 18.4. The number of amidine groups is 1. The van der Waals surface area contributed by atoms with Gasteiger partial charge in [0.2, 0.25) is 10.0 Å². The second kappa shape index (κ2) is 9.92. The fourth-order valence-corrected chi connectivity index (χ4v) is 4.84. The van der Waals surface area contributed by atoms with Crippen molar-refractivity contribution in [1.29, 1.82) is 5.41 Å². The van der Waals surface area contributed by atoms with E-state index < -0.39 is 21.8 Å². The Bertz CT molecular complexity index is 912. The number of hydrogen-bond donors (Lipinski definition) is 2. The molecule has 172 valence electrons. The van der Waals surface area contributed by atoms with Gasteiger partial charge in [0, 0.05) is 31.7 Å². The first-order valence-corrected chi connectivity index (χ1v) is 11.9. The minimum atomic E-state index is -3.15. The first-order chi connectivity index (χ1) is 14.7. The fraction of sp³-hybridized carbons (Fsp3) is 0.600. The smallest absolute Gasteiger partial charge is 0.313 e. The molecule has 9 nitrogen and oxygen atoms in total. The Labute approximate surface area is 181 Å². The zero-order chi connectivity index (χ0) is 22.6. The van der Waals surface area contributed by atoms with Crippen LogP contribution in [0, 0.1) is 11.2 Å². The average Bonchev–Trinajstić information content (AvgIpc) is 2.70. The number of nitrogens with two attached hydrogens (primary N) is 1. The molecular formula is C20H29FN4O5S. The number of hydrogen-bond acceptors (Lipinski definition) is 7. The van der Waals surface area contributed by atoms with Crippen molar-refractivity contribution < 1.29 is 27.1 Å². The normalized spacial score (nSPS) is 18.6. The van der Waals surface area contributed by atoms with E-state index in [4.69, 9.17) is 20.6 Å². The molecule has 3 N–H and O–H groups in total. The summed E-state index contributed by atoms with van der Waals surface area (Å²) in [5.74, 6) is -1.32. The first kappa shape index (κ1) is 23.4. The number of esters is 1. The molecular weight excluding hydrogens is 427 g/mol. The predicted molar refractivity (Wildman–Crippen MR) is 114 cm³/mol. The minimum Gasteiger partial charge on any atom is -0.460 e. The SMILES string of the molecule is CCS(=O)(=O)N1CCC(OC2CN(c3cccc(COC(=O)CC(=N)N)c3F)C2)CC1. The molecule has 0 spiro atoms. The molecule has 2 aliphatic rings. The summed E-state index contributed by atoms with van der Waals surface area (Å²) in [5.41, 5.74) is 5.83. The lowest BCUT2D eigenvalue weighted by molar-refractivity contribution is -0.143. The lowest BCUT2D eigenvalue weighted by Crippen LogP contribution is -2.55. The van der Waals surface area contributed by atoms with Gasteiger partial charge < -0.3 is 20.1 Å². The number of halogens is 1. The van der Waals surface area contributed by atoms with Gasteiger partial charge in [-0.3, -0.25) is 10.2 Å². The van der Waals surface area contributed by atoms with Crippen molar-refractivity contribution in [2.75, 3.05) is 36.8 Å². The molecule has 0 unspecified atom stereocenters. The molecule has 0 bridgehead atoms. The quantitative estimate of drug-likeness (QED) is 0.325. The van der Waals surface area contributed by atoms with Gasteiger partial charge in [-0.1, -0.05) is 12.1 Å². The van der Waals surface area contributed by atoms with Crippen LogP contribution in [0.25, 0.3) is 0 Å². The molecule has 2 aliphatic heterocycles. The van der Waals surface area contributed by atoms with Crippen LogP contribution in [-0.4, -0.2) is 68.7 Å². The third kappa shape index (κ3) is 5.92. The summed E-state index contributed by atoms with van der Waals surface area (Å²) in [5, 5.41) is 7.09. The topological polar surface area (TPSA) is 126 Å². The van der Waals surface area contributed by atoms with Crippen LogP contribution in [0.5, 0.6) is 0 Å². The van der Waals surface area contributed by atoms with E-state index in [1.165, 1.54) is 4.31 Å². The number of carbonyl (C=O) groups is 1. The largest absolute Gasteiger partial charge is 0.460 e. The molecule has 0 aliphatic carbocycles. The van der Waals surface area contributed by atoms with E-state index in [0.29, 0.717) is 44.7 Å². The van der Waals surface area contributed by atoms with Crippen molar-refractivity contribution in [3.05, 3.63) is 29.6 Å². The summed E-state index contributed by atoms with van der Waals surface area (Å²) in [6, 6.07) is 4.91. The number of benzene rings is 1. The fourth-order valence-electron chi connectivity index (χ4n) is 3.71. The molecule has 0 amide bonds. The van der Waals surface area contributed by atoms with E-state index in [1.54, 1.807) is 25.1 Å². The summed E-state index contributed by atoms with van der Waals surface area (Å²) in [6.07, 6.45) is 0.967. The van der Waals surface area contributed by atoms with E-state index >= 15 is 0 Å². The summed E-state index contributed by atoms with van der Waals surface area (Å²) in [7, 11) is -3.15. The van der Waals surface area contributed by atoms with Gasteiger partial charge in [-0.05, 0) is 25.8 Å². The Balaban J connectivity index is 1.47. The summed E-state index contributed by atoms with van der Waals surface area (Å²) in [6.45, 7) is 3.44. The number of ether oxygens (including phenoxy) is 2. The van der Waals surface area contributed by atoms with Crippen molar-refractivity contribution in [3.63, 3.8) is 0 Å². The van der Waals surface area contributed by atoms with Gasteiger partial charge in [-0.15, -0.1) is 0 Å². The van der Waals surface area contributed by atoms with Crippen LogP contribution >= 0.6 is 0 Å². The number of nitrogens with one attached hydrogen (secondary N) is 1. The number of carbonyl (C=O) groups excluding carboxylic acids is 1. The molecule has 0 atom stereocenters. The van der Waals surface area contributed by atoms with Gasteiger partial charge in [-0.25, -0.2) is 17.1 Å². The van der Waals surface area contributed by atoms with Crippen LogP contribution in [0.15, 0.2) is 18.2 Å². The van der Waals surface area contributed by atoms with Crippen molar-refractivity contribution in [2.45, 2.75) is 45.0 Å². The Morgan fingerprint density at radius 1 is 1.26 bits per heavy atom. The van der Waals surface area contributed by atoms with Crippen LogP contribution < -0.4 is 10.6 Å². The van der Waals surface area contributed by atoms with E-state index in [2.05, 4.69) is 0 Å². The highest BCUT2D eigenvalue weighted by Gasteiger charge is 2.34. The van der Waals surface area contributed by atoms with E-state index in [0.717, 1.165) is 0 Å². The Kier molecular flexibility index (Phi) is 7.50. The van der Waals surface area contributed by atoms with Crippen LogP contribution in [-0.2, 0) is 30.9 Å².